The molecule has 0 amide bonds. The van der Waals surface area contributed by atoms with E-state index in [-0.39, 0.29) is 11.2 Å². The third-order valence-corrected chi connectivity index (χ3v) is 6.19. The van der Waals surface area contributed by atoms with Gasteiger partial charge in [-0.25, -0.2) is 0 Å². The van der Waals surface area contributed by atoms with Crippen LogP contribution in [-0.2, 0) is 4.74 Å². The third-order valence-electron chi connectivity index (χ3n) is 6.19. The monoisotopic (exact) mass is 266 g/mol. The second-order valence-corrected chi connectivity index (χ2v) is 7.41. The van der Waals surface area contributed by atoms with Gasteiger partial charge >= 0.3 is 0 Å². The molecule has 2 saturated carbocycles. The lowest BCUT2D eigenvalue weighted by atomic mass is 9.63. The first-order chi connectivity index (χ1) is 9.16. The second-order valence-electron chi connectivity index (χ2n) is 7.41. The van der Waals surface area contributed by atoms with Gasteiger partial charge in [0.25, 0.3) is 0 Å². The summed E-state index contributed by atoms with van der Waals surface area (Å²) in [5.74, 6) is 1.38. The van der Waals surface area contributed by atoms with E-state index in [4.69, 9.17) is 4.74 Å². The molecule has 0 aromatic carbocycles. The number of hydrogen-bond acceptors (Lipinski definition) is 2. The first-order valence-corrected chi connectivity index (χ1v) is 8.52. The molecule has 110 valence electrons. The second kappa shape index (κ2) is 5.37. The van der Waals surface area contributed by atoms with Crippen LogP contribution in [0.1, 0.15) is 77.6 Å². The molecule has 1 spiro atoms. The van der Waals surface area contributed by atoms with Crippen LogP contribution in [0.4, 0.5) is 0 Å². The van der Waals surface area contributed by atoms with Gasteiger partial charge < -0.3 is 9.84 Å². The summed E-state index contributed by atoms with van der Waals surface area (Å²) < 4.78 is 6.02. The summed E-state index contributed by atoms with van der Waals surface area (Å²) in [6.45, 7) is 3.16. The van der Waals surface area contributed by atoms with Crippen LogP contribution >= 0.6 is 0 Å². The minimum Gasteiger partial charge on any atom is -0.390 e. The van der Waals surface area contributed by atoms with Crippen LogP contribution in [0.2, 0.25) is 0 Å². The van der Waals surface area contributed by atoms with Gasteiger partial charge in [-0.2, -0.15) is 0 Å². The Hall–Kier alpha value is -0.0800. The van der Waals surface area contributed by atoms with Crippen molar-refractivity contribution in [2.75, 3.05) is 6.61 Å². The number of aliphatic hydroxyl groups is 1. The summed E-state index contributed by atoms with van der Waals surface area (Å²) in [5.41, 5.74) is -0.185. The van der Waals surface area contributed by atoms with E-state index in [2.05, 4.69) is 6.92 Å². The molecule has 19 heavy (non-hydrogen) atoms. The molecule has 1 N–H and O–H groups in total. The van der Waals surface area contributed by atoms with E-state index in [0.717, 1.165) is 38.2 Å². The molecule has 3 aliphatic rings. The van der Waals surface area contributed by atoms with Crippen LogP contribution in [0.3, 0.4) is 0 Å². The normalized spacial score (nSPS) is 42.0. The number of rotatable bonds is 3. The molecule has 3 fully saturated rings. The molecule has 0 aromatic heterocycles. The summed E-state index contributed by atoms with van der Waals surface area (Å²) in [4.78, 5) is 0. The molecule has 2 heteroatoms. The predicted octanol–water partition coefficient (Wildman–Crippen LogP) is 4.06. The Morgan fingerprint density at radius 2 is 1.84 bits per heavy atom. The lowest BCUT2D eigenvalue weighted by Crippen LogP contribution is -2.52. The Morgan fingerprint density at radius 3 is 2.42 bits per heavy atom. The molecule has 1 heterocycles. The van der Waals surface area contributed by atoms with E-state index in [1.54, 1.807) is 0 Å². The number of ether oxygens (including phenoxy) is 1. The summed E-state index contributed by atoms with van der Waals surface area (Å²) >= 11 is 0. The van der Waals surface area contributed by atoms with Gasteiger partial charge in [-0.15, -0.1) is 0 Å². The maximum atomic E-state index is 11.1. The van der Waals surface area contributed by atoms with Crippen molar-refractivity contribution in [3.63, 3.8) is 0 Å². The average molecular weight is 266 g/mol. The van der Waals surface area contributed by atoms with Crippen molar-refractivity contribution >= 4 is 0 Å². The number of hydrogen-bond donors (Lipinski definition) is 1. The topological polar surface area (TPSA) is 29.5 Å². The van der Waals surface area contributed by atoms with Gasteiger partial charge in [0, 0.05) is 6.61 Å². The molecule has 1 saturated heterocycles. The van der Waals surface area contributed by atoms with Crippen molar-refractivity contribution in [1.29, 1.82) is 0 Å². The summed E-state index contributed by atoms with van der Waals surface area (Å²) in [7, 11) is 0. The van der Waals surface area contributed by atoms with Gasteiger partial charge in [0.05, 0.1) is 11.2 Å². The van der Waals surface area contributed by atoms with E-state index in [0.29, 0.717) is 5.92 Å². The fraction of sp³-hybridized carbons (Fsp3) is 1.00. The average Bonchev–Trinajstić information content (AvgIpc) is 2.40. The Bertz CT molecular complexity index is 300. The fourth-order valence-corrected chi connectivity index (χ4v) is 4.69. The van der Waals surface area contributed by atoms with Gasteiger partial charge in [0.15, 0.2) is 0 Å². The quantitative estimate of drug-likeness (QED) is 0.835. The zero-order chi connectivity index (χ0) is 13.3. The van der Waals surface area contributed by atoms with Crippen LogP contribution < -0.4 is 0 Å². The first kappa shape index (κ1) is 13.9. The van der Waals surface area contributed by atoms with Crippen LogP contribution in [0.5, 0.6) is 0 Å². The van der Waals surface area contributed by atoms with E-state index in [9.17, 15) is 5.11 Å². The smallest absolute Gasteiger partial charge is 0.0686 e. The summed E-state index contributed by atoms with van der Waals surface area (Å²) in [6.07, 6.45) is 13.2. The largest absolute Gasteiger partial charge is 0.390 e. The SMILES string of the molecule is CCCC1CCC(O)(C2CCOC3(CCC3)C2)CC1. The van der Waals surface area contributed by atoms with Crippen molar-refractivity contribution in [1.82, 2.24) is 0 Å². The lowest BCUT2D eigenvalue weighted by Gasteiger charge is -2.52. The van der Waals surface area contributed by atoms with Crippen molar-refractivity contribution in [2.45, 2.75) is 88.8 Å². The fourth-order valence-electron chi connectivity index (χ4n) is 4.69. The minimum absolute atomic E-state index is 0.179. The molecule has 2 nitrogen and oxygen atoms in total. The van der Waals surface area contributed by atoms with E-state index < -0.39 is 0 Å². The van der Waals surface area contributed by atoms with Crippen LogP contribution in [0.15, 0.2) is 0 Å². The highest BCUT2D eigenvalue weighted by Gasteiger charge is 2.49. The molecular formula is C17H30O2. The molecular weight excluding hydrogens is 236 g/mol. The zero-order valence-electron chi connectivity index (χ0n) is 12.5. The molecule has 3 rings (SSSR count). The molecule has 1 unspecified atom stereocenters. The van der Waals surface area contributed by atoms with E-state index >= 15 is 0 Å². The highest BCUT2D eigenvalue weighted by Crippen LogP contribution is 2.50. The maximum Gasteiger partial charge on any atom is 0.0686 e. The molecule has 1 atom stereocenters. The zero-order valence-corrected chi connectivity index (χ0v) is 12.5. The molecule has 0 bridgehead atoms. The van der Waals surface area contributed by atoms with Gasteiger partial charge in [0.1, 0.15) is 0 Å². The van der Waals surface area contributed by atoms with Gasteiger partial charge in [-0.1, -0.05) is 19.8 Å². The van der Waals surface area contributed by atoms with Crippen LogP contribution in [0, 0.1) is 11.8 Å². The van der Waals surface area contributed by atoms with Crippen molar-refractivity contribution in [3.8, 4) is 0 Å². The van der Waals surface area contributed by atoms with Gasteiger partial charge in [-0.3, -0.25) is 0 Å². The highest BCUT2D eigenvalue weighted by molar-refractivity contribution is 5.00. The predicted molar refractivity (Wildman–Crippen MR) is 77.1 cm³/mol. The van der Waals surface area contributed by atoms with Gasteiger partial charge in [0.2, 0.25) is 0 Å². The van der Waals surface area contributed by atoms with Crippen molar-refractivity contribution < 1.29 is 9.84 Å². The summed E-state index contributed by atoms with van der Waals surface area (Å²) in [5, 5.41) is 11.1. The van der Waals surface area contributed by atoms with E-state index in [1.807, 2.05) is 0 Å². The van der Waals surface area contributed by atoms with Gasteiger partial charge in [-0.05, 0) is 69.6 Å². The highest BCUT2D eigenvalue weighted by atomic mass is 16.5. The van der Waals surface area contributed by atoms with E-state index in [1.165, 1.54) is 44.9 Å². The minimum atomic E-state index is -0.364. The molecule has 0 aromatic rings. The lowest BCUT2D eigenvalue weighted by molar-refractivity contribution is -0.182. The maximum absolute atomic E-state index is 11.1. The standard InChI is InChI=1S/C17H30O2/c1-2-4-14-5-10-17(18,11-6-14)15-7-12-19-16(13-15)8-3-9-16/h14-15,18H,2-13H2,1H3. The van der Waals surface area contributed by atoms with Crippen LogP contribution in [0.25, 0.3) is 0 Å². The molecule has 2 aliphatic carbocycles. The molecule has 1 aliphatic heterocycles. The molecule has 0 radical (unpaired) electrons. The Morgan fingerprint density at radius 1 is 1.11 bits per heavy atom. The van der Waals surface area contributed by atoms with Crippen molar-refractivity contribution in [3.05, 3.63) is 0 Å². The third kappa shape index (κ3) is 2.71. The Labute approximate surface area is 117 Å². The summed E-state index contributed by atoms with van der Waals surface area (Å²) in [6, 6.07) is 0. The first-order valence-electron chi connectivity index (χ1n) is 8.52. The van der Waals surface area contributed by atoms with Crippen molar-refractivity contribution in [2.24, 2.45) is 11.8 Å². The Balaban J connectivity index is 1.58. The Kier molecular flexibility index (Phi) is 3.92. The van der Waals surface area contributed by atoms with Crippen LogP contribution in [-0.4, -0.2) is 22.9 Å².